The maximum atomic E-state index is 12.9. The Morgan fingerprint density at radius 2 is 1.57 bits per heavy atom. The molecule has 0 aliphatic carbocycles. The second-order valence-electron chi connectivity index (χ2n) is 7.44. The zero-order valence-electron chi connectivity index (χ0n) is 17.9. The Hall–Kier alpha value is -4.67. The number of benzene rings is 3. The first-order valence-corrected chi connectivity index (χ1v) is 10.3. The van der Waals surface area contributed by atoms with Gasteiger partial charge in [-0.05, 0) is 48.0 Å². The Morgan fingerprint density at radius 1 is 0.886 bits per heavy atom. The van der Waals surface area contributed by atoms with Gasteiger partial charge in [0.05, 0.1) is 16.6 Å². The molecule has 0 fully saturated rings. The van der Waals surface area contributed by atoms with E-state index in [9.17, 15) is 27.9 Å². The summed E-state index contributed by atoms with van der Waals surface area (Å²) in [4.78, 5) is 32.0. The number of carboxylic acids is 1. The Morgan fingerprint density at radius 3 is 2.29 bits per heavy atom. The van der Waals surface area contributed by atoms with E-state index in [-0.39, 0.29) is 11.3 Å². The topological polar surface area (TPSA) is 116 Å². The summed E-state index contributed by atoms with van der Waals surface area (Å²) in [5.74, 6) is -0.652. The molecule has 0 unspecified atom stereocenters. The number of nitrogens with zero attached hydrogens (tertiary/aromatic N) is 2. The van der Waals surface area contributed by atoms with Crippen LogP contribution in [0.4, 0.5) is 35.2 Å². The van der Waals surface area contributed by atoms with Crippen LogP contribution in [0.1, 0.15) is 21.5 Å². The fourth-order valence-electron chi connectivity index (χ4n) is 3.41. The summed E-state index contributed by atoms with van der Waals surface area (Å²) in [6, 6.07) is 15.2. The summed E-state index contributed by atoms with van der Waals surface area (Å²) in [6.07, 6.45) is -3.24. The van der Waals surface area contributed by atoms with Crippen LogP contribution in [0.3, 0.4) is 0 Å². The molecular formula is C24H18F3N5O3. The van der Waals surface area contributed by atoms with Crippen molar-refractivity contribution in [3.8, 4) is 0 Å². The van der Waals surface area contributed by atoms with Crippen LogP contribution in [0.25, 0.3) is 10.9 Å². The van der Waals surface area contributed by atoms with Crippen LogP contribution in [0, 0.1) is 0 Å². The normalized spacial score (nSPS) is 11.2. The van der Waals surface area contributed by atoms with Crippen LogP contribution in [0.2, 0.25) is 0 Å². The van der Waals surface area contributed by atoms with Crippen molar-refractivity contribution in [2.75, 3.05) is 16.0 Å². The highest BCUT2D eigenvalue weighted by molar-refractivity contribution is 6.04. The number of hydrogen-bond donors (Lipinski definition) is 4. The van der Waals surface area contributed by atoms with Gasteiger partial charge in [-0.15, -0.1) is 0 Å². The maximum Gasteiger partial charge on any atom is 0.416 e. The number of anilines is 3. The number of rotatable bonds is 6. The monoisotopic (exact) mass is 481 g/mol. The Labute approximate surface area is 196 Å². The lowest BCUT2D eigenvalue weighted by molar-refractivity contribution is -0.137. The van der Waals surface area contributed by atoms with Gasteiger partial charge >= 0.3 is 18.2 Å². The highest BCUT2D eigenvalue weighted by Gasteiger charge is 2.30. The van der Waals surface area contributed by atoms with Gasteiger partial charge in [0.15, 0.2) is 0 Å². The molecule has 0 saturated heterocycles. The SMILES string of the molecule is O=C(Nc1cccc(CNc2ncnc3c(C(=O)O)cccc23)c1)Nc1cccc(C(F)(F)F)c1. The fraction of sp³-hybridized carbons (Fsp3) is 0.0833. The van der Waals surface area contributed by atoms with Gasteiger partial charge in [0.1, 0.15) is 12.1 Å². The van der Waals surface area contributed by atoms with E-state index in [1.54, 1.807) is 36.4 Å². The van der Waals surface area contributed by atoms with E-state index in [1.807, 2.05) is 0 Å². The van der Waals surface area contributed by atoms with E-state index in [0.29, 0.717) is 29.0 Å². The van der Waals surface area contributed by atoms with Crippen LogP contribution in [-0.4, -0.2) is 27.1 Å². The van der Waals surface area contributed by atoms with Crippen molar-refractivity contribution in [3.05, 3.63) is 89.7 Å². The lowest BCUT2D eigenvalue weighted by atomic mass is 10.1. The molecular weight excluding hydrogens is 463 g/mol. The molecule has 0 atom stereocenters. The van der Waals surface area contributed by atoms with Gasteiger partial charge in [0.25, 0.3) is 0 Å². The van der Waals surface area contributed by atoms with Crippen molar-refractivity contribution >= 4 is 40.1 Å². The van der Waals surface area contributed by atoms with Crippen LogP contribution in [0.5, 0.6) is 0 Å². The minimum absolute atomic E-state index is 0.00603. The summed E-state index contributed by atoms with van der Waals surface area (Å²) in [6.45, 7) is 0.300. The molecule has 4 rings (SSSR count). The van der Waals surface area contributed by atoms with E-state index in [1.165, 1.54) is 24.5 Å². The van der Waals surface area contributed by atoms with Crippen molar-refractivity contribution in [1.82, 2.24) is 9.97 Å². The standard InChI is InChI=1S/C24H18F3N5O3/c25-24(26,27)15-5-2-7-17(11-15)32-23(35)31-16-6-1-4-14(10-16)12-28-21-18-8-3-9-19(22(33)34)20(18)29-13-30-21/h1-11,13H,12H2,(H,33,34)(H,28,29,30)(H2,31,32,35). The highest BCUT2D eigenvalue weighted by atomic mass is 19.4. The zero-order chi connectivity index (χ0) is 25.0. The summed E-state index contributed by atoms with van der Waals surface area (Å²) >= 11 is 0. The molecule has 1 aromatic heterocycles. The van der Waals surface area contributed by atoms with Gasteiger partial charge in [-0.25, -0.2) is 19.6 Å². The van der Waals surface area contributed by atoms with Gasteiger partial charge < -0.3 is 21.1 Å². The quantitative estimate of drug-likeness (QED) is 0.285. The number of hydrogen-bond acceptors (Lipinski definition) is 5. The van der Waals surface area contributed by atoms with Gasteiger partial charge in [-0.3, -0.25) is 0 Å². The number of para-hydroxylation sites is 1. The number of carbonyl (C=O) groups is 2. The third-order valence-electron chi connectivity index (χ3n) is 4.99. The number of alkyl halides is 3. The second-order valence-corrected chi connectivity index (χ2v) is 7.44. The lowest BCUT2D eigenvalue weighted by Crippen LogP contribution is -2.20. The zero-order valence-corrected chi connectivity index (χ0v) is 17.9. The van der Waals surface area contributed by atoms with Crippen molar-refractivity contribution in [2.24, 2.45) is 0 Å². The molecule has 11 heteroatoms. The van der Waals surface area contributed by atoms with E-state index in [0.717, 1.165) is 17.7 Å². The number of amides is 2. The van der Waals surface area contributed by atoms with E-state index < -0.39 is 23.7 Å². The number of aromatic carboxylic acids is 1. The van der Waals surface area contributed by atoms with Gasteiger partial charge in [0, 0.05) is 23.3 Å². The summed E-state index contributed by atoms with van der Waals surface area (Å²) in [5.41, 5.74) is 0.699. The molecule has 4 N–H and O–H groups in total. The number of aromatic nitrogens is 2. The van der Waals surface area contributed by atoms with Crippen molar-refractivity contribution in [2.45, 2.75) is 12.7 Å². The van der Waals surface area contributed by atoms with E-state index in [4.69, 9.17) is 0 Å². The van der Waals surface area contributed by atoms with Crippen LogP contribution in [0.15, 0.2) is 73.1 Å². The minimum atomic E-state index is -4.51. The molecule has 0 aliphatic rings. The molecule has 1 heterocycles. The molecule has 2 amide bonds. The highest BCUT2D eigenvalue weighted by Crippen LogP contribution is 2.30. The smallest absolute Gasteiger partial charge is 0.416 e. The molecule has 4 aromatic rings. The minimum Gasteiger partial charge on any atom is -0.478 e. The van der Waals surface area contributed by atoms with Gasteiger partial charge in [-0.1, -0.05) is 24.3 Å². The third kappa shape index (κ3) is 5.64. The summed E-state index contributed by atoms with van der Waals surface area (Å²) in [5, 5.41) is 18.0. The number of nitrogens with one attached hydrogen (secondary N) is 3. The number of fused-ring (bicyclic) bond motifs is 1. The van der Waals surface area contributed by atoms with Crippen LogP contribution in [-0.2, 0) is 12.7 Å². The Balaban J connectivity index is 1.43. The fourth-order valence-corrected chi connectivity index (χ4v) is 3.41. The summed E-state index contributed by atoms with van der Waals surface area (Å²) < 4.78 is 38.6. The molecule has 0 spiro atoms. The molecule has 0 radical (unpaired) electrons. The van der Waals surface area contributed by atoms with E-state index >= 15 is 0 Å². The van der Waals surface area contributed by atoms with Crippen molar-refractivity contribution in [3.63, 3.8) is 0 Å². The average Bonchev–Trinajstić information content (AvgIpc) is 2.82. The molecule has 0 aliphatic heterocycles. The molecule has 35 heavy (non-hydrogen) atoms. The van der Waals surface area contributed by atoms with Gasteiger partial charge in [-0.2, -0.15) is 13.2 Å². The molecule has 8 nitrogen and oxygen atoms in total. The van der Waals surface area contributed by atoms with Gasteiger partial charge in [0.2, 0.25) is 0 Å². The molecule has 178 valence electrons. The first kappa shape index (κ1) is 23.5. The van der Waals surface area contributed by atoms with E-state index in [2.05, 4.69) is 25.9 Å². The third-order valence-corrected chi connectivity index (χ3v) is 4.99. The Bertz CT molecular complexity index is 1410. The molecule has 0 saturated carbocycles. The lowest BCUT2D eigenvalue weighted by Gasteiger charge is -2.12. The van der Waals surface area contributed by atoms with Crippen molar-refractivity contribution in [1.29, 1.82) is 0 Å². The predicted molar refractivity (Wildman–Crippen MR) is 124 cm³/mol. The molecule has 0 bridgehead atoms. The maximum absolute atomic E-state index is 12.9. The summed E-state index contributed by atoms with van der Waals surface area (Å²) in [7, 11) is 0. The largest absolute Gasteiger partial charge is 0.478 e. The number of carboxylic acid groups (broad SMARTS) is 1. The average molecular weight is 481 g/mol. The Kier molecular flexibility index (Phi) is 6.49. The first-order chi connectivity index (χ1) is 16.7. The predicted octanol–water partition coefficient (Wildman–Crippen LogP) is 5.60. The number of urea groups is 1. The number of carbonyl (C=O) groups excluding carboxylic acids is 1. The van der Waals surface area contributed by atoms with Crippen molar-refractivity contribution < 1.29 is 27.9 Å². The number of halogens is 3. The second kappa shape index (κ2) is 9.67. The van der Waals surface area contributed by atoms with Crippen LogP contribution >= 0.6 is 0 Å². The van der Waals surface area contributed by atoms with Crippen LogP contribution < -0.4 is 16.0 Å². The first-order valence-electron chi connectivity index (χ1n) is 10.3. The molecule has 3 aromatic carbocycles.